The number of nitrogens with zero attached hydrogens (tertiary/aromatic N) is 1. The molecule has 0 aliphatic carbocycles. The second kappa shape index (κ2) is 5.47. The molecule has 0 N–H and O–H groups in total. The summed E-state index contributed by atoms with van der Waals surface area (Å²) < 4.78 is 5.70. The Morgan fingerprint density at radius 1 is 1.20 bits per heavy atom. The third-order valence-corrected chi connectivity index (χ3v) is 3.89. The van der Waals surface area contributed by atoms with Crippen LogP contribution in [0, 0.1) is 6.92 Å². The van der Waals surface area contributed by atoms with Crippen LogP contribution in [0.2, 0.25) is 5.02 Å². The molecule has 0 amide bonds. The average molecular weight is 306 g/mol. The number of hydrogen-bond acceptors (Lipinski definition) is 2. The van der Waals surface area contributed by atoms with Gasteiger partial charge in [-0.1, -0.05) is 29.8 Å². The molecule has 0 bridgehead atoms. The fourth-order valence-electron chi connectivity index (χ4n) is 2.26. The number of benzene rings is 2. The van der Waals surface area contributed by atoms with Crippen molar-refractivity contribution < 1.29 is 4.42 Å². The number of aryl methyl sites for hydroxylation is 1. The predicted molar refractivity (Wildman–Crippen MR) is 82.5 cm³/mol. The van der Waals surface area contributed by atoms with Crippen LogP contribution in [0.15, 0.2) is 46.9 Å². The number of halogens is 2. The van der Waals surface area contributed by atoms with E-state index in [-0.39, 0.29) is 5.38 Å². The molecule has 1 atom stereocenters. The van der Waals surface area contributed by atoms with Gasteiger partial charge in [0.2, 0.25) is 0 Å². The number of hydrogen-bond donors (Lipinski definition) is 0. The van der Waals surface area contributed by atoms with E-state index in [1.807, 2.05) is 49.4 Å². The number of alkyl halides is 1. The molecule has 0 saturated heterocycles. The van der Waals surface area contributed by atoms with Gasteiger partial charge in [-0.15, -0.1) is 11.6 Å². The maximum atomic E-state index is 6.48. The van der Waals surface area contributed by atoms with Gasteiger partial charge in [-0.3, -0.25) is 0 Å². The fraction of sp³-hybridized carbons (Fsp3) is 0.188. The smallest absolute Gasteiger partial charge is 0.197 e. The molecule has 102 valence electrons. The second-order valence-electron chi connectivity index (χ2n) is 4.75. The summed E-state index contributed by atoms with van der Waals surface area (Å²) in [5.41, 5.74) is 3.78. The summed E-state index contributed by atoms with van der Waals surface area (Å²) >= 11 is 12.4. The van der Waals surface area contributed by atoms with Crippen LogP contribution in [0.5, 0.6) is 0 Å². The zero-order valence-electron chi connectivity index (χ0n) is 10.9. The minimum Gasteiger partial charge on any atom is -0.441 e. The molecule has 1 heterocycles. The van der Waals surface area contributed by atoms with Crippen LogP contribution in [0.4, 0.5) is 0 Å². The van der Waals surface area contributed by atoms with Gasteiger partial charge in [0.1, 0.15) is 5.52 Å². The molecule has 0 radical (unpaired) electrons. The van der Waals surface area contributed by atoms with Crippen molar-refractivity contribution in [2.75, 3.05) is 0 Å². The van der Waals surface area contributed by atoms with E-state index in [0.717, 1.165) is 27.2 Å². The molecule has 0 aliphatic heterocycles. The SMILES string of the molecule is Cc1cc(Cl)ccc1C(Cl)Cc1nc2ccccc2o1. The van der Waals surface area contributed by atoms with E-state index in [1.54, 1.807) is 0 Å². The third kappa shape index (κ3) is 2.67. The Morgan fingerprint density at radius 3 is 2.75 bits per heavy atom. The zero-order chi connectivity index (χ0) is 14.1. The summed E-state index contributed by atoms with van der Waals surface area (Å²) in [6, 6.07) is 13.4. The van der Waals surface area contributed by atoms with Crippen molar-refractivity contribution in [3.05, 3.63) is 64.5 Å². The molecule has 0 spiro atoms. The Labute approximate surface area is 127 Å². The fourth-order valence-corrected chi connectivity index (χ4v) is 2.86. The van der Waals surface area contributed by atoms with Crippen LogP contribution < -0.4 is 0 Å². The van der Waals surface area contributed by atoms with E-state index < -0.39 is 0 Å². The highest BCUT2D eigenvalue weighted by Gasteiger charge is 2.15. The molecule has 4 heteroatoms. The molecule has 0 saturated carbocycles. The van der Waals surface area contributed by atoms with Crippen LogP contribution in [-0.4, -0.2) is 4.98 Å². The number of para-hydroxylation sites is 2. The van der Waals surface area contributed by atoms with E-state index in [4.69, 9.17) is 27.6 Å². The Morgan fingerprint density at radius 2 is 2.00 bits per heavy atom. The lowest BCUT2D eigenvalue weighted by atomic mass is 10.0. The molecule has 1 aromatic heterocycles. The van der Waals surface area contributed by atoms with E-state index in [2.05, 4.69) is 4.98 Å². The topological polar surface area (TPSA) is 26.0 Å². The Balaban J connectivity index is 1.86. The summed E-state index contributed by atoms with van der Waals surface area (Å²) in [4.78, 5) is 4.45. The molecule has 0 fully saturated rings. The van der Waals surface area contributed by atoms with E-state index in [9.17, 15) is 0 Å². The van der Waals surface area contributed by atoms with Crippen molar-refractivity contribution in [2.45, 2.75) is 18.7 Å². The molecule has 3 aromatic rings. The van der Waals surface area contributed by atoms with Gasteiger partial charge >= 0.3 is 0 Å². The maximum absolute atomic E-state index is 6.48. The molecule has 3 rings (SSSR count). The van der Waals surface area contributed by atoms with Crippen molar-refractivity contribution in [2.24, 2.45) is 0 Å². The highest BCUT2D eigenvalue weighted by atomic mass is 35.5. The first-order chi connectivity index (χ1) is 9.63. The maximum Gasteiger partial charge on any atom is 0.197 e. The first-order valence-corrected chi connectivity index (χ1v) is 7.19. The number of rotatable bonds is 3. The second-order valence-corrected chi connectivity index (χ2v) is 5.71. The lowest BCUT2D eigenvalue weighted by molar-refractivity contribution is 0.525. The molecule has 20 heavy (non-hydrogen) atoms. The molecule has 2 aromatic carbocycles. The van der Waals surface area contributed by atoms with Crippen LogP contribution in [0.3, 0.4) is 0 Å². The molecule has 0 aliphatic rings. The average Bonchev–Trinajstić information content (AvgIpc) is 2.80. The summed E-state index contributed by atoms with van der Waals surface area (Å²) in [7, 11) is 0. The standard InChI is InChI=1S/C16H13Cl2NO/c1-10-8-11(17)6-7-12(10)13(18)9-16-19-14-4-2-3-5-15(14)20-16/h2-8,13H,9H2,1H3. The van der Waals surface area contributed by atoms with Crippen molar-refractivity contribution in [3.8, 4) is 0 Å². The first-order valence-electron chi connectivity index (χ1n) is 6.38. The van der Waals surface area contributed by atoms with E-state index >= 15 is 0 Å². The Bertz CT molecular complexity index is 718. The summed E-state index contributed by atoms with van der Waals surface area (Å²) in [6.07, 6.45) is 0.554. The lowest BCUT2D eigenvalue weighted by Crippen LogP contribution is -1.98. The predicted octanol–water partition coefficient (Wildman–Crippen LogP) is 5.31. The van der Waals surface area contributed by atoms with Gasteiger partial charge in [-0.2, -0.15) is 0 Å². The Hall–Kier alpha value is -1.51. The summed E-state index contributed by atoms with van der Waals surface area (Å²) in [5.74, 6) is 0.653. The van der Waals surface area contributed by atoms with Gasteiger partial charge in [0.25, 0.3) is 0 Å². The molecular weight excluding hydrogens is 293 g/mol. The minimum atomic E-state index is -0.180. The third-order valence-electron chi connectivity index (χ3n) is 3.26. The Kier molecular flexibility index (Phi) is 3.68. The van der Waals surface area contributed by atoms with Gasteiger partial charge in [0.15, 0.2) is 11.5 Å². The van der Waals surface area contributed by atoms with Gasteiger partial charge in [-0.05, 0) is 42.3 Å². The molecular formula is C16H13Cl2NO. The highest BCUT2D eigenvalue weighted by molar-refractivity contribution is 6.30. The van der Waals surface area contributed by atoms with Gasteiger partial charge in [-0.25, -0.2) is 4.98 Å². The van der Waals surface area contributed by atoms with Gasteiger partial charge in [0.05, 0.1) is 5.38 Å². The van der Waals surface area contributed by atoms with Gasteiger partial charge in [0, 0.05) is 11.4 Å². The number of aromatic nitrogens is 1. The molecule has 1 unspecified atom stereocenters. The number of fused-ring (bicyclic) bond motifs is 1. The molecule has 2 nitrogen and oxygen atoms in total. The van der Waals surface area contributed by atoms with E-state index in [1.165, 1.54) is 0 Å². The summed E-state index contributed by atoms with van der Waals surface area (Å²) in [6.45, 7) is 2.00. The van der Waals surface area contributed by atoms with Gasteiger partial charge < -0.3 is 4.42 Å². The van der Waals surface area contributed by atoms with Crippen molar-refractivity contribution in [1.82, 2.24) is 4.98 Å². The zero-order valence-corrected chi connectivity index (χ0v) is 12.4. The highest BCUT2D eigenvalue weighted by Crippen LogP contribution is 2.30. The number of oxazole rings is 1. The monoisotopic (exact) mass is 305 g/mol. The van der Waals surface area contributed by atoms with Crippen LogP contribution in [-0.2, 0) is 6.42 Å². The van der Waals surface area contributed by atoms with Crippen molar-refractivity contribution >= 4 is 34.3 Å². The van der Waals surface area contributed by atoms with Crippen LogP contribution in [0.1, 0.15) is 22.4 Å². The van der Waals surface area contributed by atoms with E-state index in [0.29, 0.717) is 12.3 Å². The lowest BCUT2D eigenvalue weighted by Gasteiger charge is -2.11. The van der Waals surface area contributed by atoms with Crippen molar-refractivity contribution in [3.63, 3.8) is 0 Å². The summed E-state index contributed by atoms with van der Waals surface area (Å²) in [5, 5.41) is 0.539. The van der Waals surface area contributed by atoms with Crippen LogP contribution in [0.25, 0.3) is 11.1 Å². The normalized spacial score (nSPS) is 12.8. The van der Waals surface area contributed by atoms with Crippen LogP contribution >= 0.6 is 23.2 Å². The minimum absolute atomic E-state index is 0.180. The quantitative estimate of drug-likeness (QED) is 0.613. The first kappa shape index (κ1) is 13.5. The van der Waals surface area contributed by atoms with Crippen molar-refractivity contribution in [1.29, 1.82) is 0 Å². The largest absolute Gasteiger partial charge is 0.441 e.